The van der Waals surface area contributed by atoms with Gasteiger partial charge in [-0.15, -0.1) is 0 Å². The maximum Gasteiger partial charge on any atom is 0.339 e. The van der Waals surface area contributed by atoms with Gasteiger partial charge in [0.2, 0.25) is 11.7 Å². The lowest BCUT2D eigenvalue weighted by molar-refractivity contribution is -0.140. The van der Waals surface area contributed by atoms with Crippen LogP contribution >= 0.6 is 0 Å². The first-order chi connectivity index (χ1) is 14.1. The number of aromatic nitrogens is 3. The lowest BCUT2D eigenvalue weighted by Crippen LogP contribution is -2.51. The van der Waals surface area contributed by atoms with Crippen LogP contribution in [0.3, 0.4) is 0 Å². The van der Waals surface area contributed by atoms with Crippen LogP contribution in [0.15, 0.2) is 60.4 Å². The van der Waals surface area contributed by atoms with Gasteiger partial charge in [-0.2, -0.15) is 14.8 Å². The van der Waals surface area contributed by atoms with Crippen molar-refractivity contribution in [3.05, 3.63) is 71.6 Å². The number of aromatic hydroxyl groups is 1. The maximum absolute atomic E-state index is 12.8. The Morgan fingerprint density at radius 2 is 2.07 bits per heavy atom. The van der Waals surface area contributed by atoms with E-state index >= 15 is 0 Å². The molecule has 0 saturated carbocycles. The van der Waals surface area contributed by atoms with Gasteiger partial charge in [0, 0.05) is 17.5 Å². The Balaban J connectivity index is 1.71. The Hall–Kier alpha value is -3.81. The summed E-state index contributed by atoms with van der Waals surface area (Å²) >= 11 is 0. The second-order valence-electron chi connectivity index (χ2n) is 6.93. The third-order valence-corrected chi connectivity index (χ3v) is 5.31. The summed E-state index contributed by atoms with van der Waals surface area (Å²) in [6, 6.07) is 14.1. The molecule has 8 heteroatoms. The molecular formula is C21H18N4O4. The summed E-state index contributed by atoms with van der Waals surface area (Å²) in [5, 5.41) is 18.0. The van der Waals surface area contributed by atoms with Crippen LogP contribution in [0.2, 0.25) is 0 Å². The number of carbonyl (C=O) groups excluding carboxylic acids is 1. The van der Waals surface area contributed by atoms with Crippen LogP contribution in [0, 0.1) is 0 Å². The van der Waals surface area contributed by atoms with Gasteiger partial charge in [-0.25, -0.2) is 4.79 Å². The van der Waals surface area contributed by atoms with Crippen molar-refractivity contribution >= 4 is 18.0 Å². The second-order valence-corrected chi connectivity index (χ2v) is 6.93. The van der Waals surface area contributed by atoms with Gasteiger partial charge in [-0.1, -0.05) is 36.4 Å². The predicted molar refractivity (Wildman–Crippen MR) is 104 cm³/mol. The number of rotatable bonds is 2. The van der Waals surface area contributed by atoms with E-state index in [9.17, 15) is 9.90 Å². The second kappa shape index (κ2) is 6.37. The molecule has 0 bridgehead atoms. The van der Waals surface area contributed by atoms with Crippen molar-refractivity contribution in [2.24, 2.45) is 0 Å². The molecule has 3 aromatic rings. The number of nitrogens with one attached hydrogen (secondary N) is 1. The van der Waals surface area contributed by atoms with E-state index in [0.29, 0.717) is 22.8 Å². The summed E-state index contributed by atoms with van der Waals surface area (Å²) in [5.74, 6) is 0.685. The number of carbonyl (C=O) groups is 1. The fourth-order valence-corrected chi connectivity index (χ4v) is 3.98. The van der Waals surface area contributed by atoms with Crippen molar-refractivity contribution in [1.29, 1.82) is 0 Å². The molecule has 2 N–H and O–H groups in total. The van der Waals surface area contributed by atoms with Crippen LogP contribution in [-0.2, 0) is 15.3 Å². The van der Waals surface area contributed by atoms with E-state index in [-0.39, 0.29) is 18.2 Å². The maximum atomic E-state index is 12.8. The van der Waals surface area contributed by atoms with Crippen LogP contribution in [0.25, 0.3) is 6.08 Å². The van der Waals surface area contributed by atoms with Gasteiger partial charge in [-0.3, -0.25) is 0 Å². The quantitative estimate of drug-likeness (QED) is 0.649. The van der Waals surface area contributed by atoms with E-state index in [4.69, 9.17) is 9.47 Å². The van der Waals surface area contributed by atoms with Crippen LogP contribution < -0.4 is 10.1 Å². The van der Waals surface area contributed by atoms with Crippen molar-refractivity contribution in [3.63, 3.8) is 0 Å². The topological polar surface area (TPSA) is 98.5 Å². The number of phenols is 1. The average molecular weight is 390 g/mol. The van der Waals surface area contributed by atoms with E-state index in [2.05, 4.69) is 15.4 Å². The number of nitrogens with zero attached hydrogens (tertiary/aromatic N) is 3. The molecule has 1 spiro atoms. The van der Waals surface area contributed by atoms with E-state index in [1.54, 1.807) is 22.9 Å². The number of hydrogen-bond donors (Lipinski definition) is 2. The molecule has 2 aliphatic heterocycles. The molecule has 29 heavy (non-hydrogen) atoms. The number of esters is 1. The normalized spacial score (nSPS) is 22.0. The number of para-hydroxylation sites is 2. The van der Waals surface area contributed by atoms with Crippen molar-refractivity contribution in [2.75, 3.05) is 12.4 Å². The molecule has 8 nitrogen and oxygen atoms in total. The number of ether oxygens (including phenoxy) is 2. The van der Waals surface area contributed by atoms with Gasteiger partial charge in [0.1, 0.15) is 23.4 Å². The number of benzene rings is 2. The molecule has 1 aromatic heterocycles. The van der Waals surface area contributed by atoms with Gasteiger partial charge >= 0.3 is 5.97 Å². The van der Waals surface area contributed by atoms with Gasteiger partial charge in [0.05, 0.1) is 13.2 Å². The first-order valence-corrected chi connectivity index (χ1v) is 9.16. The summed E-state index contributed by atoms with van der Waals surface area (Å²) in [7, 11) is 1.33. The number of hydrogen-bond acceptors (Lipinski definition) is 7. The number of methoxy groups -OCH3 is 1. The van der Waals surface area contributed by atoms with Gasteiger partial charge < -0.3 is 19.9 Å². The average Bonchev–Trinajstić information content (AvgIpc) is 3.22. The summed E-state index contributed by atoms with van der Waals surface area (Å²) in [5.41, 5.74) is 0.490. The molecule has 2 aromatic carbocycles. The molecular weight excluding hydrogens is 372 g/mol. The van der Waals surface area contributed by atoms with Crippen LogP contribution in [0.5, 0.6) is 11.5 Å². The Morgan fingerprint density at radius 3 is 2.90 bits per heavy atom. The van der Waals surface area contributed by atoms with Crippen LogP contribution in [0.1, 0.15) is 23.6 Å². The molecule has 146 valence electrons. The zero-order valence-electron chi connectivity index (χ0n) is 15.6. The monoisotopic (exact) mass is 390 g/mol. The Bertz CT molecular complexity index is 1140. The smallest absolute Gasteiger partial charge is 0.339 e. The summed E-state index contributed by atoms with van der Waals surface area (Å²) in [6.07, 6.45) is 3.45. The largest absolute Gasteiger partial charge is 0.508 e. The van der Waals surface area contributed by atoms with Crippen molar-refractivity contribution in [1.82, 2.24) is 14.8 Å². The summed E-state index contributed by atoms with van der Waals surface area (Å²) < 4.78 is 13.1. The lowest BCUT2D eigenvalue weighted by Gasteiger charge is -2.44. The molecule has 2 atom stereocenters. The molecule has 0 fully saturated rings. The van der Waals surface area contributed by atoms with Crippen LogP contribution in [-0.4, -0.2) is 33.0 Å². The Kier molecular flexibility index (Phi) is 3.80. The van der Waals surface area contributed by atoms with Gasteiger partial charge in [0.15, 0.2) is 0 Å². The minimum atomic E-state index is -1.27. The molecule has 2 aliphatic rings. The summed E-state index contributed by atoms with van der Waals surface area (Å²) in [6.45, 7) is 0. The number of anilines is 1. The molecule has 1 unspecified atom stereocenters. The Labute approximate surface area is 166 Å². The highest BCUT2D eigenvalue weighted by Crippen LogP contribution is 2.48. The first kappa shape index (κ1) is 17.3. The SMILES string of the molecule is COC(=O)C1=Cc2ccccc2OC12C[C@@H](c1ccccc1O)Nc1ncnn12. The molecule has 5 rings (SSSR count). The highest BCUT2D eigenvalue weighted by atomic mass is 16.5. The summed E-state index contributed by atoms with van der Waals surface area (Å²) in [4.78, 5) is 17.1. The van der Waals surface area contributed by atoms with E-state index in [1.807, 2.05) is 36.4 Å². The third kappa shape index (κ3) is 2.56. The van der Waals surface area contributed by atoms with Crippen molar-refractivity contribution < 1.29 is 19.4 Å². The lowest BCUT2D eigenvalue weighted by atomic mass is 9.86. The van der Waals surface area contributed by atoms with E-state index < -0.39 is 11.7 Å². The highest BCUT2D eigenvalue weighted by Gasteiger charge is 2.52. The standard InChI is InChI=1S/C21H18N4O4/c1-28-19(27)15-10-13-6-2-5-9-18(13)29-21(15)11-16(14-7-3-4-8-17(14)26)24-20-22-12-23-25(20)21/h2-10,12,16,26H,11H2,1H3,(H,22,23,24)/t16-,21?/m0/s1. The molecule has 3 heterocycles. The first-order valence-electron chi connectivity index (χ1n) is 9.16. The number of phenolic OH excluding ortho intramolecular Hbond substituents is 1. The fraction of sp³-hybridized carbons (Fsp3) is 0.190. The molecule has 0 radical (unpaired) electrons. The van der Waals surface area contributed by atoms with Crippen molar-refractivity contribution in [2.45, 2.75) is 18.2 Å². The number of fused-ring (bicyclic) bond motifs is 3. The van der Waals surface area contributed by atoms with Gasteiger partial charge in [-0.05, 0) is 18.2 Å². The zero-order valence-corrected chi connectivity index (χ0v) is 15.6. The third-order valence-electron chi connectivity index (χ3n) is 5.31. The fourth-order valence-electron chi connectivity index (χ4n) is 3.98. The molecule has 0 aliphatic carbocycles. The minimum Gasteiger partial charge on any atom is -0.508 e. The van der Waals surface area contributed by atoms with Crippen molar-refractivity contribution in [3.8, 4) is 11.5 Å². The van der Waals surface area contributed by atoms with Crippen LogP contribution in [0.4, 0.5) is 5.95 Å². The predicted octanol–water partition coefficient (Wildman–Crippen LogP) is 2.84. The van der Waals surface area contributed by atoms with Gasteiger partial charge in [0.25, 0.3) is 0 Å². The van der Waals surface area contributed by atoms with E-state index in [1.165, 1.54) is 13.4 Å². The molecule has 0 amide bonds. The molecule has 0 saturated heterocycles. The Morgan fingerprint density at radius 1 is 1.28 bits per heavy atom. The van der Waals surface area contributed by atoms with E-state index in [0.717, 1.165) is 5.56 Å². The highest BCUT2D eigenvalue weighted by molar-refractivity contribution is 5.96. The zero-order chi connectivity index (χ0) is 20.0. The minimum absolute atomic E-state index is 0.146.